The lowest BCUT2D eigenvalue weighted by Crippen LogP contribution is -2.44. The van der Waals surface area contributed by atoms with E-state index in [1.54, 1.807) is 32.0 Å². The fraction of sp³-hybridized carbons (Fsp3) is 0.436. The number of aromatic nitrogens is 3. The molecular weight excluding hydrogens is 670 g/mol. The average molecular weight is 713 g/mol. The minimum Gasteiger partial charge on any atom is -0.463 e. The molecule has 2 saturated heterocycles. The smallest absolute Gasteiger partial charge is 0.319 e. The molecule has 3 fully saturated rings. The summed E-state index contributed by atoms with van der Waals surface area (Å²) in [6.07, 6.45) is 10.4. The number of hydrogen-bond acceptors (Lipinski definition) is 10. The second-order valence-corrected chi connectivity index (χ2v) is 14.4. The van der Waals surface area contributed by atoms with Crippen molar-refractivity contribution in [2.24, 2.45) is 5.41 Å². The number of amides is 1. The van der Waals surface area contributed by atoms with Crippen molar-refractivity contribution in [3.8, 4) is 29.6 Å². The molecule has 13 heteroatoms. The molecule has 4 heterocycles. The average Bonchev–Trinajstić information content (AvgIpc) is 3.94. The molecule has 1 atom stereocenters. The van der Waals surface area contributed by atoms with Gasteiger partial charge in [-0.3, -0.25) is 14.7 Å². The largest absolute Gasteiger partial charge is 0.463 e. The molecule has 1 unspecified atom stereocenters. The first-order valence-corrected chi connectivity index (χ1v) is 17.5. The zero-order valence-corrected chi connectivity index (χ0v) is 29.4. The summed E-state index contributed by atoms with van der Waals surface area (Å²) in [5.41, 5.74) is -0.935. The monoisotopic (exact) mass is 712 g/mol. The summed E-state index contributed by atoms with van der Waals surface area (Å²) in [4.78, 5) is 30.5. The minimum absolute atomic E-state index is 0.00546. The molecule has 0 spiro atoms. The summed E-state index contributed by atoms with van der Waals surface area (Å²) in [7, 11) is 0. The van der Waals surface area contributed by atoms with Crippen LogP contribution in [0.2, 0.25) is 0 Å². The van der Waals surface area contributed by atoms with E-state index >= 15 is 8.78 Å². The molecule has 2 N–H and O–H groups in total. The number of benzene rings is 2. The highest BCUT2D eigenvalue weighted by Crippen LogP contribution is 2.47. The van der Waals surface area contributed by atoms with Crippen LogP contribution in [0.1, 0.15) is 37.8 Å². The molecule has 1 saturated carbocycles. The number of aliphatic hydroxyl groups is 1. The lowest BCUT2D eigenvalue weighted by atomic mass is 9.89. The minimum atomic E-state index is -1.32. The molecule has 4 aromatic rings. The predicted octanol–water partition coefficient (Wildman–Crippen LogP) is 4.33. The van der Waals surface area contributed by atoms with Crippen molar-refractivity contribution in [3.05, 3.63) is 65.9 Å². The Kier molecular flexibility index (Phi) is 9.84. The first-order chi connectivity index (χ1) is 25.0. The zero-order chi connectivity index (χ0) is 36.6. The molecule has 2 aromatic carbocycles. The first kappa shape index (κ1) is 35.7. The van der Waals surface area contributed by atoms with Crippen molar-refractivity contribution in [2.75, 3.05) is 70.7 Å². The van der Waals surface area contributed by atoms with Gasteiger partial charge in [0.1, 0.15) is 22.8 Å². The van der Waals surface area contributed by atoms with Crippen molar-refractivity contribution in [3.63, 3.8) is 0 Å². The standard InChI is InChI=1S/C39H42F2N6O5/c1-5-27-30(40)8-7-24-17-25(38(3,4)49)18-28(32(24)27)34-33(41)35-29(19-42-34)36(47-13-16-51-21-26(20-47)43-31(48)6-2)45-37(44-35)52-23-39(9-10-39)22-46-11-14-50-15-12-46/h1,6-8,17-19,26,49H,2,9-16,20-23H2,3-4H3,(H,43,48). The Hall–Kier alpha value is -4.74. The number of terminal acetylenes is 1. The van der Waals surface area contributed by atoms with Gasteiger partial charge in [-0.1, -0.05) is 18.6 Å². The number of anilines is 1. The van der Waals surface area contributed by atoms with Crippen LogP contribution in [-0.4, -0.2) is 103 Å². The number of fused-ring (bicyclic) bond motifs is 2. The van der Waals surface area contributed by atoms with Crippen LogP contribution in [0.3, 0.4) is 0 Å². The van der Waals surface area contributed by atoms with E-state index in [1.807, 2.05) is 4.90 Å². The number of ether oxygens (including phenoxy) is 3. The molecule has 1 amide bonds. The van der Waals surface area contributed by atoms with Crippen molar-refractivity contribution < 1.29 is 32.9 Å². The Labute approximate surface area is 301 Å². The molecule has 0 radical (unpaired) electrons. The molecule has 2 aromatic heterocycles. The number of nitrogens with one attached hydrogen (secondary N) is 1. The van der Waals surface area contributed by atoms with Gasteiger partial charge in [0.2, 0.25) is 5.91 Å². The third kappa shape index (κ3) is 7.29. The second-order valence-electron chi connectivity index (χ2n) is 14.4. The van der Waals surface area contributed by atoms with Gasteiger partial charge in [0.15, 0.2) is 5.82 Å². The lowest BCUT2D eigenvalue weighted by molar-refractivity contribution is -0.117. The number of morpholine rings is 1. The third-order valence-electron chi connectivity index (χ3n) is 10.0. The fourth-order valence-electron chi connectivity index (χ4n) is 6.96. The van der Waals surface area contributed by atoms with Gasteiger partial charge in [-0.15, -0.1) is 6.42 Å². The van der Waals surface area contributed by atoms with Gasteiger partial charge in [-0.2, -0.15) is 9.97 Å². The summed E-state index contributed by atoms with van der Waals surface area (Å²) in [6, 6.07) is 5.68. The van der Waals surface area contributed by atoms with Gasteiger partial charge in [0.05, 0.1) is 55.6 Å². The number of nitrogens with zero attached hydrogens (tertiary/aromatic N) is 5. The van der Waals surface area contributed by atoms with E-state index in [9.17, 15) is 9.90 Å². The number of rotatable bonds is 10. The molecule has 1 aliphatic carbocycles. The quantitative estimate of drug-likeness (QED) is 0.182. The summed E-state index contributed by atoms with van der Waals surface area (Å²) in [6.45, 7) is 12.4. The van der Waals surface area contributed by atoms with E-state index < -0.39 is 23.3 Å². The number of hydrogen-bond donors (Lipinski definition) is 2. The van der Waals surface area contributed by atoms with E-state index in [0.717, 1.165) is 32.5 Å². The van der Waals surface area contributed by atoms with Crippen LogP contribution < -0.4 is 15.0 Å². The molecule has 272 valence electrons. The number of carbonyl (C=O) groups excluding carboxylic acids is 1. The zero-order valence-electron chi connectivity index (χ0n) is 29.4. The Morgan fingerprint density at radius 2 is 1.96 bits per heavy atom. The highest BCUT2D eigenvalue weighted by atomic mass is 19.1. The van der Waals surface area contributed by atoms with Gasteiger partial charge in [-0.25, -0.2) is 8.78 Å². The summed E-state index contributed by atoms with van der Waals surface area (Å²) in [5, 5.41) is 15.0. The second kappa shape index (κ2) is 14.4. The van der Waals surface area contributed by atoms with Crippen LogP contribution in [-0.2, 0) is 19.9 Å². The fourth-order valence-corrected chi connectivity index (χ4v) is 6.96. The summed E-state index contributed by atoms with van der Waals surface area (Å²) < 4.78 is 50.0. The van der Waals surface area contributed by atoms with Crippen molar-refractivity contribution in [1.82, 2.24) is 25.2 Å². The Balaban J connectivity index is 1.35. The molecule has 0 bridgehead atoms. The van der Waals surface area contributed by atoms with Gasteiger partial charge in [0, 0.05) is 55.3 Å². The van der Waals surface area contributed by atoms with Gasteiger partial charge in [0.25, 0.3) is 0 Å². The van der Waals surface area contributed by atoms with E-state index in [1.165, 1.54) is 18.3 Å². The highest BCUT2D eigenvalue weighted by Gasteiger charge is 2.45. The van der Waals surface area contributed by atoms with Crippen LogP contribution in [0.5, 0.6) is 6.01 Å². The molecule has 2 aliphatic heterocycles. The lowest BCUT2D eigenvalue weighted by Gasteiger charge is -2.30. The predicted molar refractivity (Wildman–Crippen MR) is 193 cm³/mol. The number of halogens is 2. The molecule has 3 aliphatic rings. The Bertz CT molecular complexity index is 2070. The maximum Gasteiger partial charge on any atom is 0.319 e. The molecule has 7 rings (SSSR count). The van der Waals surface area contributed by atoms with E-state index in [-0.39, 0.29) is 51.7 Å². The Morgan fingerprint density at radius 3 is 2.67 bits per heavy atom. The maximum atomic E-state index is 17.2. The van der Waals surface area contributed by atoms with E-state index in [2.05, 4.69) is 32.7 Å². The van der Waals surface area contributed by atoms with E-state index in [0.29, 0.717) is 61.7 Å². The van der Waals surface area contributed by atoms with Crippen LogP contribution in [0.25, 0.3) is 32.9 Å². The van der Waals surface area contributed by atoms with Crippen LogP contribution in [0.4, 0.5) is 14.6 Å². The topological polar surface area (TPSA) is 122 Å². The number of carbonyl (C=O) groups is 1. The van der Waals surface area contributed by atoms with Crippen molar-refractivity contribution in [1.29, 1.82) is 0 Å². The summed E-state index contributed by atoms with van der Waals surface area (Å²) >= 11 is 0. The van der Waals surface area contributed by atoms with Crippen molar-refractivity contribution >= 4 is 33.4 Å². The van der Waals surface area contributed by atoms with Crippen LogP contribution >= 0.6 is 0 Å². The van der Waals surface area contributed by atoms with E-state index in [4.69, 9.17) is 25.6 Å². The molecule has 11 nitrogen and oxygen atoms in total. The highest BCUT2D eigenvalue weighted by molar-refractivity contribution is 6.02. The third-order valence-corrected chi connectivity index (χ3v) is 10.0. The van der Waals surface area contributed by atoms with Crippen molar-refractivity contribution in [2.45, 2.75) is 38.3 Å². The number of pyridine rings is 1. The van der Waals surface area contributed by atoms with Gasteiger partial charge < -0.3 is 29.5 Å². The SMILES string of the molecule is C#Cc1c(F)ccc2cc(C(C)(C)O)cc(-c3ncc4c(N5CCOCC(NC(=O)C=C)C5)nc(OCC5(CN6CCOCC6)CC5)nc4c3F)c12. The molecule has 52 heavy (non-hydrogen) atoms. The van der Waals surface area contributed by atoms with Crippen LogP contribution in [0, 0.1) is 29.4 Å². The van der Waals surface area contributed by atoms with Gasteiger partial charge >= 0.3 is 6.01 Å². The normalized spacial score (nSPS) is 19.2. The first-order valence-electron chi connectivity index (χ1n) is 17.5. The summed E-state index contributed by atoms with van der Waals surface area (Å²) in [5.74, 6) is 1.02. The molecular formula is C39H42F2N6O5. The van der Waals surface area contributed by atoms with Gasteiger partial charge in [-0.05, 0) is 61.9 Å². The maximum absolute atomic E-state index is 17.2. The Morgan fingerprint density at radius 1 is 1.19 bits per heavy atom. The van der Waals surface area contributed by atoms with Crippen LogP contribution in [0.15, 0.2) is 43.1 Å².